The first-order chi connectivity index (χ1) is 6.02. The zero-order valence-corrected chi connectivity index (χ0v) is 8.70. The zero-order chi connectivity index (χ0) is 10.0. The standard InChI is InChI=1S/C11H17NO/c1-7(2)9-5-10(13)11(8(3)4)12-6-9/h5-8,13H,1-4H3. The van der Waals surface area contributed by atoms with Crippen molar-refractivity contribution < 1.29 is 5.11 Å². The van der Waals surface area contributed by atoms with Crippen molar-refractivity contribution in [1.82, 2.24) is 4.98 Å². The van der Waals surface area contributed by atoms with E-state index in [-0.39, 0.29) is 5.92 Å². The van der Waals surface area contributed by atoms with Crippen LogP contribution in [-0.2, 0) is 0 Å². The van der Waals surface area contributed by atoms with Gasteiger partial charge in [-0.15, -0.1) is 0 Å². The first kappa shape index (κ1) is 10.0. The molecule has 0 aliphatic heterocycles. The maximum Gasteiger partial charge on any atom is 0.137 e. The largest absolute Gasteiger partial charge is 0.506 e. The summed E-state index contributed by atoms with van der Waals surface area (Å²) in [6.45, 7) is 8.23. The molecule has 13 heavy (non-hydrogen) atoms. The van der Waals surface area contributed by atoms with Gasteiger partial charge in [0.25, 0.3) is 0 Å². The topological polar surface area (TPSA) is 33.1 Å². The lowest BCUT2D eigenvalue weighted by molar-refractivity contribution is 0.458. The third-order valence-corrected chi connectivity index (χ3v) is 2.13. The Hall–Kier alpha value is -1.05. The van der Waals surface area contributed by atoms with Crippen LogP contribution in [0, 0.1) is 0 Å². The Morgan fingerprint density at radius 1 is 1.15 bits per heavy atom. The minimum atomic E-state index is 0.279. The summed E-state index contributed by atoms with van der Waals surface area (Å²) >= 11 is 0. The molecule has 0 fully saturated rings. The molecule has 0 unspecified atom stereocenters. The van der Waals surface area contributed by atoms with E-state index in [9.17, 15) is 5.11 Å². The molecule has 0 bridgehead atoms. The van der Waals surface area contributed by atoms with Crippen molar-refractivity contribution in [3.8, 4) is 5.75 Å². The number of aromatic nitrogens is 1. The second-order valence-corrected chi connectivity index (χ2v) is 3.98. The molecule has 72 valence electrons. The summed E-state index contributed by atoms with van der Waals surface area (Å²) in [4.78, 5) is 4.25. The third-order valence-electron chi connectivity index (χ3n) is 2.13. The number of nitrogens with zero attached hydrogens (tertiary/aromatic N) is 1. The van der Waals surface area contributed by atoms with Crippen LogP contribution in [0.25, 0.3) is 0 Å². The molecule has 0 radical (unpaired) electrons. The predicted molar refractivity (Wildman–Crippen MR) is 54.1 cm³/mol. The predicted octanol–water partition coefficient (Wildman–Crippen LogP) is 3.03. The Labute approximate surface area is 79.6 Å². The minimum absolute atomic E-state index is 0.279. The Morgan fingerprint density at radius 2 is 1.77 bits per heavy atom. The molecule has 0 spiro atoms. The summed E-state index contributed by atoms with van der Waals surface area (Å²) in [5.41, 5.74) is 1.87. The quantitative estimate of drug-likeness (QED) is 0.757. The molecule has 2 heteroatoms. The molecular formula is C11H17NO. The Morgan fingerprint density at radius 3 is 2.15 bits per heavy atom. The highest BCUT2D eigenvalue weighted by Crippen LogP contribution is 2.26. The molecule has 1 N–H and O–H groups in total. The van der Waals surface area contributed by atoms with Crippen molar-refractivity contribution in [3.05, 3.63) is 23.5 Å². The zero-order valence-electron chi connectivity index (χ0n) is 8.70. The number of rotatable bonds is 2. The maximum atomic E-state index is 9.65. The van der Waals surface area contributed by atoms with Crippen LogP contribution < -0.4 is 0 Å². The molecule has 0 saturated heterocycles. The summed E-state index contributed by atoms with van der Waals surface area (Å²) in [5.74, 6) is 1.02. The van der Waals surface area contributed by atoms with Crippen LogP contribution in [-0.4, -0.2) is 10.1 Å². The van der Waals surface area contributed by atoms with Gasteiger partial charge in [0.1, 0.15) is 5.75 Å². The normalized spacial score (nSPS) is 11.2. The van der Waals surface area contributed by atoms with Crippen LogP contribution in [0.1, 0.15) is 50.8 Å². The fraction of sp³-hybridized carbons (Fsp3) is 0.545. The summed E-state index contributed by atoms with van der Waals surface area (Å²) in [7, 11) is 0. The van der Waals surface area contributed by atoms with E-state index in [4.69, 9.17) is 0 Å². The van der Waals surface area contributed by atoms with E-state index in [2.05, 4.69) is 18.8 Å². The molecule has 1 aromatic rings. The third kappa shape index (κ3) is 2.20. The van der Waals surface area contributed by atoms with Gasteiger partial charge in [0.15, 0.2) is 0 Å². The lowest BCUT2D eigenvalue weighted by atomic mass is 10.0. The van der Waals surface area contributed by atoms with Crippen LogP contribution in [0.4, 0.5) is 0 Å². The van der Waals surface area contributed by atoms with Crippen LogP contribution in [0.15, 0.2) is 12.3 Å². The highest BCUT2D eigenvalue weighted by molar-refractivity contribution is 5.33. The van der Waals surface area contributed by atoms with Crippen molar-refractivity contribution in [2.45, 2.75) is 39.5 Å². The highest BCUT2D eigenvalue weighted by atomic mass is 16.3. The van der Waals surface area contributed by atoms with Gasteiger partial charge in [-0.3, -0.25) is 4.98 Å². The maximum absolute atomic E-state index is 9.65. The lowest BCUT2D eigenvalue weighted by Gasteiger charge is -2.10. The van der Waals surface area contributed by atoms with Gasteiger partial charge in [0.05, 0.1) is 5.69 Å². The van der Waals surface area contributed by atoms with Gasteiger partial charge < -0.3 is 5.11 Å². The van der Waals surface area contributed by atoms with E-state index in [1.54, 1.807) is 0 Å². The van der Waals surface area contributed by atoms with Crippen LogP contribution in [0.3, 0.4) is 0 Å². The fourth-order valence-corrected chi connectivity index (χ4v) is 1.24. The Bertz CT molecular complexity index is 292. The van der Waals surface area contributed by atoms with E-state index < -0.39 is 0 Å². The minimum Gasteiger partial charge on any atom is -0.506 e. The SMILES string of the molecule is CC(C)c1cnc(C(C)C)c(O)c1. The first-order valence-electron chi connectivity index (χ1n) is 4.71. The van der Waals surface area contributed by atoms with Gasteiger partial charge in [0, 0.05) is 6.20 Å². The van der Waals surface area contributed by atoms with Crippen LogP contribution in [0.5, 0.6) is 5.75 Å². The number of pyridine rings is 1. The molecule has 0 aliphatic carbocycles. The second-order valence-electron chi connectivity index (χ2n) is 3.98. The van der Waals surface area contributed by atoms with E-state index in [1.807, 2.05) is 26.1 Å². The van der Waals surface area contributed by atoms with Crippen molar-refractivity contribution >= 4 is 0 Å². The molecule has 0 saturated carbocycles. The smallest absolute Gasteiger partial charge is 0.137 e. The Kier molecular flexibility index (Phi) is 2.91. The Balaban J connectivity index is 3.06. The molecule has 0 amide bonds. The molecule has 0 aromatic carbocycles. The fourth-order valence-electron chi connectivity index (χ4n) is 1.24. The molecular weight excluding hydrogens is 162 g/mol. The summed E-state index contributed by atoms with van der Waals surface area (Å²) in [5, 5.41) is 9.65. The van der Waals surface area contributed by atoms with E-state index >= 15 is 0 Å². The average Bonchev–Trinajstić information content (AvgIpc) is 2.03. The number of aromatic hydroxyl groups is 1. The summed E-state index contributed by atoms with van der Waals surface area (Å²) in [6, 6.07) is 1.81. The van der Waals surface area contributed by atoms with Crippen molar-refractivity contribution in [2.75, 3.05) is 0 Å². The second kappa shape index (κ2) is 3.77. The van der Waals surface area contributed by atoms with Gasteiger partial charge in [-0.25, -0.2) is 0 Å². The lowest BCUT2D eigenvalue weighted by Crippen LogP contribution is -1.96. The molecule has 2 nitrogen and oxygen atoms in total. The summed E-state index contributed by atoms with van der Waals surface area (Å²) in [6.07, 6.45) is 1.85. The van der Waals surface area contributed by atoms with E-state index in [1.165, 1.54) is 0 Å². The first-order valence-corrected chi connectivity index (χ1v) is 4.71. The molecule has 1 rings (SSSR count). The molecule has 0 atom stereocenters. The van der Waals surface area contributed by atoms with Gasteiger partial charge in [0.2, 0.25) is 0 Å². The van der Waals surface area contributed by atoms with Crippen molar-refractivity contribution in [2.24, 2.45) is 0 Å². The highest BCUT2D eigenvalue weighted by Gasteiger charge is 2.09. The van der Waals surface area contributed by atoms with Gasteiger partial charge >= 0.3 is 0 Å². The van der Waals surface area contributed by atoms with Crippen molar-refractivity contribution in [1.29, 1.82) is 0 Å². The average molecular weight is 179 g/mol. The van der Waals surface area contributed by atoms with Gasteiger partial charge in [-0.2, -0.15) is 0 Å². The van der Waals surface area contributed by atoms with E-state index in [0.29, 0.717) is 11.7 Å². The molecule has 1 aromatic heterocycles. The number of hydrogen-bond acceptors (Lipinski definition) is 2. The number of hydrogen-bond donors (Lipinski definition) is 1. The molecule has 0 aliphatic rings. The monoisotopic (exact) mass is 179 g/mol. The van der Waals surface area contributed by atoms with Gasteiger partial charge in [-0.05, 0) is 23.5 Å². The van der Waals surface area contributed by atoms with Crippen LogP contribution in [0.2, 0.25) is 0 Å². The van der Waals surface area contributed by atoms with Crippen LogP contribution >= 0.6 is 0 Å². The van der Waals surface area contributed by atoms with Gasteiger partial charge in [-0.1, -0.05) is 27.7 Å². The van der Waals surface area contributed by atoms with Crippen molar-refractivity contribution in [3.63, 3.8) is 0 Å². The summed E-state index contributed by atoms with van der Waals surface area (Å²) < 4.78 is 0. The molecule has 1 heterocycles. The van der Waals surface area contributed by atoms with E-state index in [0.717, 1.165) is 11.3 Å².